The summed E-state index contributed by atoms with van der Waals surface area (Å²) in [5, 5.41) is 21.5. The third kappa shape index (κ3) is 13.3. The van der Waals surface area contributed by atoms with Crippen LogP contribution < -0.4 is 16.0 Å². The van der Waals surface area contributed by atoms with Gasteiger partial charge in [-0.05, 0) is 113 Å². The average Bonchev–Trinajstić information content (AvgIpc) is 4.12. The lowest BCUT2D eigenvalue weighted by atomic mass is 10.1. The Morgan fingerprint density at radius 1 is 0.448 bits per heavy atom. The van der Waals surface area contributed by atoms with Crippen LogP contribution in [0.15, 0.2) is 185 Å². The second-order valence-electron chi connectivity index (χ2n) is 13.9. The molecule has 0 bridgehead atoms. The first kappa shape index (κ1) is 48.5. The molecule has 8 aromatic rings. The van der Waals surface area contributed by atoms with Crippen molar-refractivity contribution in [3.05, 3.63) is 218 Å². The van der Waals surface area contributed by atoms with Crippen molar-refractivity contribution in [3.8, 4) is 20.9 Å². The highest BCUT2D eigenvalue weighted by Gasteiger charge is 2.18. The summed E-state index contributed by atoms with van der Waals surface area (Å²) < 4.78 is 10.3. The first-order valence-electron chi connectivity index (χ1n) is 20.1. The van der Waals surface area contributed by atoms with Gasteiger partial charge in [-0.1, -0.05) is 94.8 Å². The molecule has 2 aromatic heterocycles. The number of carboxylic acid groups (broad SMARTS) is 1. The van der Waals surface area contributed by atoms with Crippen LogP contribution in [-0.2, 0) is 9.47 Å². The summed E-state index contributed by atoms with van der Waals surface area (Å²) >= 11 is 6.46. The predicted molar refractivity (Wildman–Crippen MR) is 266 cm³/mol. The monoisotopic (exact) mass is 993 g/mol. The summed E-state index contributed by atoms with van der Waals surface area (Å²) in [5.74, 6) is -2.96. The van der Waals surface area contributed by atoms with Crippen molar-refractivity contribution < 1.29 is 43.3 Å². The van der Waals surface area contributed by atoms with Gasteiger partial charge >= 0.3 is 17.9 Å². The molecule has 15 heteroatoms. The first-order chi connectivity index (χ1) is 32.4. The number of thiophene rings is 2. The number of benzene rings is 6. The van der Waals surface area contributed by atoms with E-state index in [0.717, 1.165) is 25.4 Å². The van der Waals surface area contributed by atoms with E-state index in [1.165, 1.54) is 20.3 Å². The van der Waals surface area contributed by atoms with Crippen LogP contribution in [0.5, 0.6) is 0 Å². The topological polar surface area (TPSA) is 177 Å². The molecule has 6 aromatic carbocycles. The Bertz CT molecular complexity index is 2990. The normalized spacial score (nSPS) is 10.1. The molecule has 67 heavy (non-hydrogen) atoms. The van der Waals surface area contributed by atoms with Gasteiger partial charge in [0.05, 0.1) is 48.0 Å². The second-order valence-corrected chi connectivity index (χ2v) is 16.7. The lowest BCUT2D eigenvalue weighted by Gasteiger charge is -2.11. The molecule has 4 N–H and O–H groups in total. The van der Waals surface area contributed by atoms with E-state index in [2.05, 4.69) is 31.9 Å². The van der Waals surface area contributed by atoms with Crippen LogP contribution in [0.3, 0.4) is 0 Å². The molecule has 3 amide bonds. The number of ether oxygens (including phenoxy) is 2. The van der Waals surface area contributed by atoms with Gasteiger partial charge in [0.15, 0.2) is 0 Å². The number of esters is 2. The van der Waals surface area contributed by atoms with Crippen molar-refractivity contribution in [2.24, 2.45) is 0 Å². The van der Waals surface area contributed by atoms with Crippen LogP contribution in [0.1, 0.15) is 62.1 Å². The molecule has 8 rings (SSSR count). The van der Waals surface area contributed by atoms with E-state index in [1.807, 2.05) is 59.3 Å². The smallest absolute Gasteiger partial charge is 0.339 e. The minimum Gasteiger partial charge on any atom is -0.478 e. The first-order valence-corrected chi connectivity index (χ1v) is 22.7. The molecule has 0 fully saturated rings. The molecule has 0 spiro atoms. The van der Waals surface area contributed by atoms with Gasteiger partial charge in [-0.3, -0.25) is 14.4 Å². The molecule has 336 valence electrons. The quantitative estimate of drug-likeness (QED) is 0.0918. The van der Waals surface area contributed by atoms with Crippen LogP contribution in [0.4, 0.5) is 17.1 Å². The number of carbonyl (C=O) groups is 6. The van der Waals surface area contributed by atoms with E-state index in [-0.39, 0.29) is 29.0 Å². The van der Waals surface area contributed by atoms with E-state index < -0.39 is 17.9 Å². The van der Waals surface area contributed by atoms with E-state index in [1.54, 1.807) is 138 Å². The molecule has 0 aliphatic heterocycles. The lowest BCUT2D eigenvalue weighted by Crippen LogP contribution is -2.15. The Hall–Kier alpha value is -7.98. The third-order valence-electron chi connectivity index (χ3n) is 9.53. The Labute approximate surface area is 402 Å². The van der Waals surface area contributed by atoms with Crippen molar-refractivity contribution >= 4 is 91.3 Å². The standard InChI is InChI=1S/C19H15NO3S.C18H13NO3S.C15H12BrNO3/c1-23-19(22)15-10-9-14(17-8-5-11-24-17)12-16(15)20-18(21)13-6-3-2-4-7-13;20-17(12-5-2-1-3-6-12)19-15-11-13(16-7-4-10-23-16)8-9-14(15)18(21)22;1-20-15(19)12-8-7-11(16)9-13(12)17-14(18)10-5-3-2-4-6-10/h2-12H,1H3,(H,20,21);1-11H,(H,19,20)(H,21,22);2-9H,1H3,(H,17,18). The molecule has 0 saturated carbocycles. The van der Waals surface area contributed by atoms with Crippen LogP contribution >= 0.6 is 38.6 Å². The lowest BCUT2D eigenvalue weighted by molar-refractivity contribution is 0.0592. The summed E-state index contributed by atoms with van der Waals surface area (Å²) in [6.07, 6.45) is 0. The summed E-state index contributed by atoms with van der Waals surface area (Å²) in [6, 6.07) is 49.4. The average molecular weight is 995 g/mol. The molecule has 0 radical (unpaired) electrons. The minimum atomic E-state index is -1.08. The van der Waals surface area contributed by atoms with Gasteiger partial charge in [-0.2, -0.15) is 0 Å². The van der Waals surface area contributed by atoms with Crippen molar-refractivity contribution in [1.82, 2.24) is 0 Å². The zero-order valence-corrected chi connectivity index (χ0v) is 38.9. The highest BCUT2D eigenvalue weighted by Crippen LogP contribution is 2.31. The molecule has 0 saturated heterocycles. The van der Waals surface area contributed by atoms with Gasteiger partial charge in [-0.25, -0.2) is 14.4 Å². The van der Waals surface area contributed by atoms with Gasteiger partial charge < -0.3 is 30.5 Å². The molecule has 0 unspecified atom stereocenters. The van der Waals surface area contributed by atoms with Crippen LogP contribution in [0.2, 0.25) is 0 Å². The Morgan fingerprint density at radius 3 is 1.16 bits per heavy atom. The van der Waals surface area contributed by atoms with Gasteiger partial charge in [0.25, 0.3) is 17.7 Å². The van der Waals surface area contributed by atoms with Gasteiger partial charge in [0.2, 0.25) is 0 Å². The Kier molecular flexibility index (Phi) is 17.2. The fourth-order valence-corrected chi connectivity index (χ4v) is 8.03. The number of anilines is 3. The fraction of sp³-hybridized carbons (Fsp3) is 0.0385. The molecule has 0 aliphatic carbocycles. The zero-order valence-electron chi connectivity index (χ0n) is 35.7. The number of methoxy groups -OCH3 is 2. The van der Waals surface area contributed by atoms with Crippen LogP contribution in [-0.4, -0.2) is 55.0 Å². The van der Waals surface area contributed by atoms with Crippen molar-refractivity contribution in [3.63, 3.8) is 0 Å². The minimum absolute atomic E-state index is 0.0644. The predicted octanol–water partition coefficient (Wildman–Crippen LogP) is 12.3. The zero-order chi connectivity index (χ0) is 47.7. The van der Waals surface area contributed by atoms with Crippen LogP contribution in [0, 0.1) is 0 Å². The van der Waals surface area contributed by atoms with Crippen molar-refractivity contribution in [1.29, 1.82) is 0 Å². The SMILES string of the molecule is COC(=O)c1ccc(-c2cccs2)cc1NC(=O)c1ccccc1.COC(=O)c1ccc(Br)cc1NC(=O)c1ccccc1.O=C(Nc1cc(-c2cccs2)ccc1C(=O)O)c1ccccc1. The van der Waals surface area contributed by atoms with E-state index in [4.69, 9.17) is 9.47 Å². The number of hydrogen-bond donors (Lipinski definition) is 4. The molecule has 0 atom stereocenters. The number of amides is 3. The third-order valence-corrected chi connectivity index (χ3v) is 11.9. The number of hydrogen-bond acceptors (Lipinski definition) is 10. The highest BCUT2D eigenvalue weighted by molar-refractivity contribution is 9.10. The van der Waals surface area contributed by atoms with Gasteiger partial charge in [-0.15, -0.1) is 22.7 Å². The van der Waals surface area contributed by atoms with Gasteiger partial charge in [0.1, 0.15) is 0 Å². The number of nitrogens with one attached hydrogen (secondary N) is 3. The molecule has 12 nitrogen and oxygen atoms in total. The van der Waals surface area contributed by atoms with Gasteiger partial charge in [0, 0.05) is 30.9 Å². The number of rotatable bonds is 11. The maximum Gasteiger partial charge on any atom is 0.339 e. The number of halogens is 1. The molecule has 2 heterocycles. The Morgan fingerprint density at radius 2 is 0.806 bits per heavy atom. The summed E-state index contributed by atoms with van der Waals surface area (Å²) in [6.45, 7) is 0. The van der Waals surface area contributed by atoms with Crippen LogP contribution in [0.25, 0.3) is 20.9 Å². The largest absolute Gasteiger partial charge is 0.478 e. The summed E-state index contributed by atoms with van der Waals surface area (Å²) in [5.41, 5.74) is 5.13. The number of carbonyl (C=O) groups excluding carboxylic acids is 5. The van der Waals surface area contributed by atoms with E-state index >= 15 is 0 Å². The maximum absolute atomic E-state index is 12.4. The van der Waals surface area contributed by atoms with E-state index in [9.17, 15) is 33.9 Å². The highest BCUT2D eigenvalue weighted by atomic mass is 79.9. The number of aromatic carboxylic acids is 1. The molecule has 0 aliphatic rings. The van der Waals surface area contributed by atoms with Crippen molar-refractivity contribution in [2.75, 3.05) is 30.2 Å². The number of carboxylic acids is 1. The van der Waals surface area contributed by atoms with Crippen molar-refractivity contribution in [2.45, 2.75) is 0 Å². The molecular weight excluding hydrogens is 955 g/mol. The summed E-state index contributed by atoms with van der Waals surface area (Å²) in [4.78, 5) is 73.9. The summed E-state index contributed by atoms with van der Waals surface area (Å²) in [7, 11) is 2.62. The second kappa shape index (κ2) is 23.8. The molecular formula is C52H40BrN3O9S2. The fourth-order valence-electron chi connectivity index (χ4n) is 6.22. The van der Waals surface area contributed by atoms with E-state index in [0.29, 0.717) is 39.2 Å². The maximum atomic E-state index is 12.4. The Balaban J connectivity index is 0.000000167.